The van der Waals surface area contributed by atoms with Crippen molar-refractivity contribution >= 4 is 35.0 Å². The summed E-state index contributed by atoms with van der Waals surface area (Å²) in [4.78, 5) is 24.8. The number of ether oxygens (including phenoxy) is 1. The van der Waals surface area contributed by atoms with Crippen molar-refractivity contribution in [2.75, 3.05) is 17.7 Å². The van der Waals surface area contributed by atoms with E-state index in [4.69, 9.17) is 4.74 Å². The first kappa shape index (κ1) is 18.9. The Bertz CT molecular complexity index is 758. The Balaban J connectivity index is 2.13. The molecule has 2 aromatic carbocycles. The molecule has 0 aliphatic rings. The molecule has 2 aromatic rings. The van der Waals surface area contributed by atoms with Crippen LogP contribution in [0.2, 0.25) is 0 Å². The van der Waals surface area contributed by atoms with Crippen molar-refractivity contribution in [2.24, 2.45) is 0 Å². The molecule has 132 valence electrons. The monoisotopic (exact) mass is 358 g/mol. The van der Waals surface area contributed by atoms with Gasteiger partial charge in [-0.15, -0.1) is 11.8 Å². The van der Waals surface area contributed by atoms with Crippen LogP contribution in [-0.4, -0.2) is 24.2 Å². The van der Waals surface area contributed by atoms with Gasteiger partial charge in [-0.25, -0.2) is 0 Å². The number of anilines is 2. The van der Waals surface area contributed by atoms with Gasteiger partial charge in [0.15, 0.2) is 0 Å². The molecule has 0 unspecified atom stereocenters. The van der Waals surface area contributed by atoms with Crippen LogP contribution in [0, 0.1) is 0 Å². The van der Waals surface area contributed by atoms with Gasteiger partial charge in [-0.3, -0.25) is 9.59 Å². The number of methoxy groups -OCH3 is 1. The second-order valence-electron chi connectivity index (χ2n) is 5.74. The van der Waals surface area contributed by atoms with Gasteiger partial charge >= 0.3 is 0 Å². The van der Waals surface area contributed by atoms with E-state index in [-0.39, 0.29) is 11.8 Å². The smallest absolute Gasteiger partial charge is 0.255 e. The van der Waals surface area contributed by atoms with Gasteiger partial charge in [0, 0.05) is 28.3 Å². The Hall–Kier alpha value is -2.47. The van der Waals surface area contributed by atoms with E-state index in [1.54, 1.807) is 42.1 Å². The van der Waals surface area contributed by atoms with E-state index in [0.29, 0.717) is 27.9 Å². The van der Waals surface area contributed by atoms with Crippen LogP contribution in [0.4, 0.5) is 11.4 Å². The van der Waals surface area contributed by atoms with Gasteiger partial charge in [-0.1, -0.05) is 13.8 Å². The molecule has 0 spiro atoms. The molecule has 0 atom stereocenters. The highest BCUT2D eigenvalue weighted by molar-refractivity contribution is 7.99. The van der Waals surface area contributed by atoms with Gasteiger partial charge < -0.3 is 15.4 Å². The van der Waals surface area contributed by atoms with Crippen LogP contribution in [0.3, 0.4) is 0 Å². The highest BCUT2D eigenvalue weighted by Gasteiger charge is 2.10. The number of hydrogen-bond donors (Lipinski definition) is 2. The third-order valence-corrected chi connectivity index (χ3v) is 4.27. The quantitative estimate of drug-likeness (QED) is 0.751. The summed E-state index contributed by atoms with van der Waals surface area (Å²) in [5.41, 5.74) is 1.66. The minimum absolute atomic E-state index is 0.208. The van der Waals surface area contributed by atoms with Gasteiger partial charge in [0.2, 0.25) is 5.91 Å². The summed E-state index contributed by atoms with van der Waals surface area (Å²) in [5.74, 6) is 0.114. The predicted octanol–water partition coefficient (Wildman–Crippen LogP) is 4.41. The second kappa shape index (κ2) is 8.58. The highest BCUT2D eigenvalue weighted by Crippen LogP contribution is 2.28. The third-order valence-electron chi connectivity index (χ3n) is 3.26. The number of amides is 2. The van der Waals surface area contributed by atoms with Gasteiger partial charge in [0.05, 0.1) is 12.8 Å². The lowest BCUT2D eigenvalue weighted by Gasteiger charge is -2.12. The lowest BCUT2D eigenvalue weighted by Crippen LogP contribution is -2.13. The fourth-order valence-electron chi connectivity index (χ4n) is 2.23. The largest absolute Gasteiger partial charge is 0.495 e. The maximum atomic E-state index is 12.4. The number of thioether (sulfide) groups is 1. The summed E-state index contributed by atoms with van der Waals surface area (Å²) in [6, 6.07) is 12.6. The van der Waals surface area contributed by atoms with Crippen LogP contribution in [-0.2, 0) is 4.79 Å². The third kappa shape index (κ3) is 5.53. The fourth-order valence-corrected chi connectivity index (χ4v) is 3.07. The maximum Gasteiger partial charge on any atom is 0.255 e. The normalized spacial score (nSPS) is 10.4. The molecule has 0 saturated heterocycles. The van der Waals surface area contributed by atoms with Crippen molar-refractivity contribution < 1.29 is 14.3 Å². The maximum absolute atomic E-state index is 12.4. The molecule has 0 saturated carbocycles. The van der Waals surface area contributed by atoms with Crippen LogP contribution >= 0.6 is 11.8 Å². The molecule has 2 amide bonds. The molecule has 6 heteroatoms. The van der Waals surface area contributed by atoms with E-state index >= 15 is 0 Å². The molecular weight excluding hydrogens is 336 g/mol. The average Bonchev–Trinajstić information content (AvgIpc) is 2.54. The second-order valence-corrected chi connectivity index (χ2v) is 7.39. The van der Waals surface area contributed by atoms with E-state index in [1.807, 2.05) is 12.1 Å². The SMILES string of the molecule is COc1ccc(NC(=O)c2ccc(SC(C)C)cc2)cc1NC(C)=O. The summed E-state index contributed by atoms with van der Waals surface area (Å²) in [7, 11) is 1.52. The Kier molecular flexibility index (Phi) is 6.47. The molecule has 0 heterocycles. The number of rotatable bonds is 6. The molecule has 25 heavy (non-hydrogen) atoms. The number of benzene rings is 2. The van der Waals surface area contributed by atoms with E-state index in [1.165, 1.54) is 14.0 Å². The van der Waals surface area contributed by atoms with Crippen molar-refractivity contribution in [3.8, 4) is 5.75 Å². The summed E-state index contributed by atoms with van der Waals surface area (Å²) >= 11 is 1.75. The van der Waals surface area contributed by atoms with E-state index in [2.05, 4.69) is 24.5 Å². The number of hydrogen-bond acceptors (Lipinski definition) is 4. The Morgan fingerprint density at radius 1 is 1.04 bits per heavy atom. The zero-order valence-electron chi connectivity index (χ0n) is 14.8. The molecule has 0 aliphatic carbocycles. The summed E-state index contributed by atoms with van der Waals surface area (Å²) < 4.78 is 5.21. The molecule has 2 N–H and O–H groups in total. The van der Waals surface area contributed by atoms with Crippen molar-refractivity contribution in [1.29, 1.82) is 0 Å². The average molecular weight is 358 g/mol. The van der Waals surface area contributed by atoms with Crippen molar-refractivity contribution in [3.63, 3.8) is 0 Å². The van der Waals surface area contributed by atoms with Crippen LogP contribution in [0.5, 0.6) is 5.75 Å². The van der Waals surface area contributed by atoms with E-state index in [9.17, 15) is 9.59 Å². The Labute approximate surface area is 152 Å². The van der Waals surface area contributed by atoms with Crippen LogP contribution < -0.4 is 15.4 Å². The van der Waals surface area contributed by atoms with Gasteiger partial charge in [0.25, 0.3) is 5.91 Å². The number of nitrogens with one attached hydrogen (secondary N) is 2. The topological polar surface area (TPSA) is 67.4 Å². The molecule has 2 rings (SSSR count). The minimum atomic E-state index is -0.208. The highest BCUT2D eigenvalue weighted by atomic mass is 32.2. The lowest BCUT2D eigenvalue weighted by atomic mass is 10.2. The predicted molar refractivity (Wildman–Crippen MR) is 103 cm³/mol. The summed E-state index contributed by atoms with van der Waals surface area (Å²) in [6.07, 6.45) is 0. The molecular formula is C19H22N2O3S. The van der Waals surface area contributed by atoms with Crippen molar-refractivity contribution in [1.82, 2.24) is 0 Å². The van der Waals surface area contributed by atoms with E-state index in [0.717, 1.165) is 4.90 Å². The van der Waals surface area contributed by atoms with Gasteiger partial charge in [-0.2, -0.15) is 0 Å². The first-order valence-electron chi connectivity index (χ1n) is 7.92. The zero-order valence-corrected chi connectivity index (χ0v) is 15.6. The summed E-state index contributed by atoms with van der Waals surface area (Å²) in [6.45, 7) is 5.67. The number of carbonyl (C=O) groups excluding carboxylic acids is 2. The Morgan fingerprint density at radius 2 is 1.72 bits per heavy atom. The van der Waals surface area contributed by atoms with E-state index < -0.39 is 0 Å². The van der Waals surface area contributed by atoms with Crippen LogP contribution in [0.15, 0.2) is 47.4 Å². The summed E-state index contributed by atoms with van der Waals surface area (Å²) in [5, 5.41) is 6.01. The molecule has 0 aliphatic heterocycles. The standard InChI is InChI=1S/C19H22N2O3S/c1-12(2)25-16-8-5-14(6-9-16)19(23)21-15-7-10-18(24-4)17(11-15)20-13(3)22/h5-12H,1-4H3,(H,20,22)(H,21,23). The molecule has 0 fully saturated rings. The first-order chi connectivity index (χ1) is 11.9. The lowest BCUT2D eigenvalue weighted by molar-refractivity contribution is -0.114. The molecule has 0 aromatic heterocycles. The molecule has 5 nitrogen and oxygen atoms in total. The first-order valence-corrected chi connectivity index (χ1v) is 8.80. The fraction of sp³-hybridized carbons (Fsp3) is 0.263. The van der Waals surface area contributed by atoms with Crippen LogP contribution in [0.25, 0.3) is 0 Å². The van der Waals surface area contributed by atoms with Crippen molar-refractivity contribution in [3.05, 3.63) is 48.0 Å². The number of carbonyl (C=O) groups is 2. The van der Waals surface area contributed by atoms with Gasteiger partial charge in [-0.05, 0) is 42.5 Å². The Morgan fingerprint density at radius 3 is 2.28 bits per heavy atom. The van der Waals surface area contributed by atoms with Crippen LogP contribution in [0.1, 0.15) is 31.1 Å². The molecule has 0 bridgehead atoms. The zero-order chi connectivity index (χ0) is 18.4. The van der Waals surface area contributed by atoms with Crippen molar-refractivity contribution in [2.45, 2.75) is 30.9 Å². The van der Waals surface area contributed by atoms with Gasteiger partial charge in [0.1, 0.15) is 5.75 Å². The molecule has 0 radical (unpaired) electrons. The minimum Gasteiger partial charge on any atom is -0.495 e.